The number of anilines is 1. The van der Waals surface area contributed by atoms with Gasteiger partial charge in [0.1, 0.15) is 0 Å². The fourth-order valence-electron chi connectivity index (χ4n) is 2.45. The van der Waals surface area contributed by atoms with Crippen LogP contribution >= 0.6 is 11.8 Å². The average Bonchev–Trinajstić information content (AvgIpc) is 2.95. The number of rotatable bonds is 4. The van der Waals surface area contributed by atoms with Crippen molar-refractivity contribution in [3.05, 3.63) is 95.6 Å². The van der Waals surface area contributed by atoms with E-state index in [2.05, 4.69) is 0 Å². The molecule has 0 N–H and O–H groups in total. The number of carbonyl (C=O) groups excluding carboxylic acids is 2. The molecule has 2 aromatic carbocycles. The molecule has 1 heterocycles. The van der Waals surface area contributed by atoms with Crippen molar-refractivity contribution in [2.45, 2.75) is 11.8 Å². The van der Waals surface area contributed by atoms with Gasteiger partial charge in [-0.15, -0.1) is 0 Å². The van der Waals surface area contributed by atoms with Gasteiger partial charge in [-0.05, 0) is 36.4 Å². The Morgan fingerprint density at radius 2 is 1.68 bits per heavy atom. The molecule has 0 fully saturated rings. The summed E-state index contributed by atoms with van der Waals surface area (Å²) in [5.41, 5.74) is 1.57. The third-order valence-electron chi connectivity index (χ3n) is 3.65. The zero-order valence-corrected chi connectivity index (χ0v) is 14.6. The van der Waals surface area contributed by atoms with E-state index in [1.54, 1.807) is 23.3 Å². The van der Waals surface area contributed by atoms with Crippen molar-refractivity contribution in [2.75, 3.05) is 4.90 Å². The van der Waals surface area contributed by atoms with Gasteiger partial charge in [0.05, 0.1) is 4.91 Å². The molecule has 1 amide bonds. The van der Waals surface area contributed by atoms with Gasteiger partial charge in [-0.2, -0.15) is 0 Å². The van der Waals surface area contributed by atoms with Crippen molar-refractivity contribution in [1.29, 1.82) is 0 Å². The Morgan fingerprint density at radius 3 is 2.40 bits per heavy atom. The van der Waals surface area contributed by atoms with Crippen molar-refractivity contribution >= 4 is 29.1 Å². The number of nitrogens with zero attached hydrogens (tertiary/aromatic N) is 1. The van der Waals surface area contributed by atoms with Crippen molar-refractivity contribution in [3.8, 4) is 0 Å². The third-order valence-corrected chi connectivity index (χ3v) is 4.77. The van der Waals surface area contributed by atoms with E-state index >= 15 is 0 Å². The van der Waals surface area contributed by atoms with Crippen molar-refractivity contribution in [1.82, 2.24) is 0 Å². The molecule has 0 aromatic heterocycles. The Bertz CT molecular complexity index is 882. The van der Waals surface area contributed by atoms with Crippen LogP contribution in [0.15, 0.2) is 94.9 Å². The van der Waals surface area contributed by atoms with Crippen LogP contribution in [0.25, 0.3) is 0 Å². The smallest absolute Gasteiger partial charge is 0.227 e. The monoisotopic (exact) mass is 347 g/mol. The van der Waals surface area contributed by atoms with Crippen LogP contribution in [0, 0.1) is 0 Å². The normalized spacial score (nSPS) is 15.2. The lowest BCUT2D eigenvalue weighted by molar-refractivity contribution is -0.116. The highest BCUT2D eigenvalue weighted by molar-refractivity contribution is 8.04. The Balaban J connectivity index is 1.68. The van der Waals surface area contributed by atoms with Crippen LogP contribution in [0.4, 0.5) is 5.69 Å². The molecule has 0 spiro atoms. The first-order chi connectivity index (χ1) is 12.2. The van der Waals surface area contributed by atoms with Gasteiger partial charge >= 0.3 is 0 Å². The standard InChI is InChI=1S/C21H17NO2S/c1-16(23)22(17-10-4-2-5-11-17)15-9-3-6-14-20-21(24)18-12-7-8-13-19(18)25-20/h2-15H,1H3. The third kappa shape index (κ3) is 3.98. The van der Waals surface area contributed by atoms with Gasteiger partial charge in [-0.1, -0.05) is 54.2 Å². The van der Waals surface area contributed by atoms with Crippen LogP contribution in [-0.2, 0) is 4.79 Å². The lowest BCUT2D eigenvalue weighted by atomic mass is 10.1. The molecule has 1 aliphatic heterocycles. The Kier molecular flexibility index (Phi) is 5.31. The molecule has 0 saturated carbocycles. The number of amides is 1. The maximum atomic E-state index is 12.2. The van der Waals surface area contributed by atoms with Crippen LogP contribution < -0.4 is 4.90 Å². The maximum absolute atomic E-state index is 12.2. The van der Waals surface area contributed by atoms with Gasteiger partial charge in [0, 0.05) is 29.3 Å². The molecule has 3 nitrogen and oxygen atoms in total. The highest BCUT2D eigenvalue weighted by atomic mass is 32.2. The number of Topliss-reactive ketones (excluding diaryl/α,β-unsaturated/α-hetero) is 1. The predicted octanol–water partition coefficient (Wildman–Crippen LogP) is 4.98. The molecule has 0 unspecified atom stereocenters. The molecule has 2 aromatic rings. The second-order valence-electron chi connectivity index (χ2n) is 5.41. The Hall–Kier alpha value is -2.85. The minimum Gasteiger partial charge on any atom is -0.288 e. The molecule has 25 heavy (non-hydrogen) atoms. The first-order valence-electron chi connectivity index (χ1n) is 7.88. The molecule has 0 bridgehead atoms. The SMILES string of the molecule is CC(=O)N(C=CC=CC=C1Sc2ccccc2C1=O)c1ccccc1. The summed E-state index contributed by atoms with van der Waals surface area (Å²) in [6.45, 7) is 1.52. The lowest BCUT2D eigenvalue weighted by Crippen LogP contribution is -2.21. The number of ketones is 1. The van der Waals surface area contributed by atoms with Gasteiger partial charge < -0.3 is 0 Å². The molecule has 1 aliphatic rings. The lowest BCUT2D eigenvalue weighted by Gasteiger charge is -2.15. The summed E-state index contributed by atoms with van der Waals surface area (Å²) in [7, 11) is 0. The molecule has 0 radical (unpaired) electrons. The van der Waals surface area contributed by atoms with Gasteiger partial charge in [0.2, 0.25) is 11.7 Å². The average molecular weight is 347 g/mol. The maximum Gasteiger partial charge on any atom is 0.227 e. The number of hydrogen-bond acceptors (Lipinski definition) is 3. The highest BCUT2D eigenvalue weighted by Gasteiger charge is 2.24. The van der Waals surface area contributed by atoms with Gasteiger partial charge in [-0.25, -0.2) is 0 Å². The minimum absolute atomic E-state index is 0.0591. The minimum atomic E-state index is -0.0637. The summed E-state index contributed by atoms with van der Waals surface area (Å²) in [6.07, 6.45) is 8.92. The molecule has 0 atom stereocenters. The number of thioether (sulfide) groups is 1. The second kappa shape index (κ2) is 7.81. The Labute approximate surface area is 151 Å². The molecule has 0 saturated heterocycles. The van der Waals surface area contributed by atoms with E-state index in [1.807, 2.05) is 66.7 Å². The fourth-order valence-corrected chi connectivity index (χ4v) is 3.46. The largest absolute Gasteiger partial charge is 0.288 e. The van der Waals surface area contributed by atoms with E-state index in [9.17, 15) is 9.59 Å². The summed E-state index contributed by atoms with van der Waals surface area (Å²) in [6, 6.07) is 17.0. The topological polar surface area (TPSA) is 37.4 Å². The first-order valence-corrected chi connectivity index (χ1v) is 8.70. The Morgan fingerprint density at radius 1 is 0.960 bits per heavy atom. The van der Waals surface area contributed by atoms with E-state index < -0.39 is 0 Å². The highest BCUT2D eigenvalue weighted by Crippen LogP contribution is 2.39. The number of fused-ring (bicyclic) bond motifs is 1. The van der Waals surface area contributed by atoms with E-state index in [0.29, 0.717) is 4.91 Å². The first kappa shape index (κ1) is 17.0. The molecule has 124 valence electrons. The van der Waals surface area contributed by atoms with Crippen LogP contribution in [0.5, 0.6) is 0 Å². The van der Waals surface area contributed by atoms with E-state index in [0.717, 1.165) is 16.1 Å². The van der Waals surface area contributed by atoms with Crippen molar-refractivity contribution in [3.63, 3.8) is 0 Å². The van der Waals surface area contributed by atoms with Crippen LogP contribution in [0.2, 0.25) is 0 Å². The van der Waals surface area contributed by atoms with E-state index in [4.69, 9.17) is 0 Å². The zero-order chi connectivity index (χ0) is 17.6. The number of allylic oxidation sites excluding steroid dienone is 5. The summed E-state index contributed by atoms with van der Waals surface area (Å²) in [4.78, 5) is 27.3. The fraction of sp³-hybridized carbons (Fsp3) is 0.0476. The van der Waals surface area contributed by atoms with Crippen molar-refractivity contribution in [2.24, 2.45) is 0 Å². The van der Waals surface area contributed by atoms with Crippen LogP contribution in [-0.4, -0.2) is 11.7 Å². The molecule has 4 heteroatoms. The number of hydrogen-bond donors (Lipinski definition) is 0. The van der Waals surface area contributed by atoms with E-state index in [-0.39, 0.29) is 11.7 Å². The van der Waals surface area contributed by atoms with Gasteiger partial charge in [-0.3, -0.25) is 14.5 Å². The van der Waals surface area contributed by atoms with E-state index in [1.165, 1.54) is 18.7 Å². The second-order valence-corrected chi connectivity index (χ2v) is 6.49. The van der Waals surface area contributed by atoms with Crippen molar-refractivity contribution < 1.29 is 9.59 Å². The van der Waals surface area contributed by atoms with Gasteiger partial charge in [0.25, 0.3) is 0 Å². The number of carbonyl (C=O) groups is 2. The number of benzene rings is 2. The zero-order valence-electron chi connectivity index (χ0n) is 13.8. The molecular formula is C21H17NO2S. The predicted molar refractivity (Wildman–Crippen MR) is 103 cm³/mol. The molecule has 3 rings (SSSR count). The van der Waals surface area contributed by atoms with Crippen LogP contribution in [0.1, 0.15) is 17.3 Å². The molecule has 0 aliphatic carbocycles. The molecular weight excluding hydrogens is 330 g/mol. The van der Waals surface area contributed by atoms with Gasteiger partial charge in [0.15, 0.2) is 0 Å². The number of para-hydroxylation sites is 1. The van der Waals surface area contributed by atoms with Crippen LogP contribution in [0.3, 0.4) is 0 Å². The summed E-state index contributed by atoms with van der Waals surface area (Å²) in [5.74, 6) is -0.00458. The summed E-state index contributed by atoms with van der Waals surface area (Å²) in [5, 5.41) is 0. The summed E-state index contributed by atoms with van der Waals surface area (Å²) >= 11 is 1.48. The summed E-state index contributed by atoms with van der Waals surface area (Å²) < 4.78 is 0. The quantitative estimate of drug-likeness (QED) is 0.578.